The molecule has 0 aromatic heterocycles. The van der Waals surface area contributed by atoms with Crippen molar-refractivity contribution in [3.05, 3.63) is 65.5 Å². The third-order valence-corrected chi connectivity index (χ3v) is 3.29. The van der Waals surface area contributed by atoms with E-state index < -0.39 is 5.82 Å². The lowest BCUT2D eigenvalue weighted by molar-refractivity contribution is 0.234. The quantitative estimate of drug-likeness (QED) is 0.786. The number of rotatable bonds is 5. The molecule has 0 spiro atoms. The third-order valence-electron chi connectivity index (χ3n) is 3.29. The van der Waals surface area contributed by atoms with E-state index in [2.05, 4.69) is 5.32 Å². The van der Waals surface area contributed by atoms with Crippen LogP contribution in [0.4, 0.5) is 4.39 Å². The normalized spacial score (nSPS) is 13.9. The van der Waals surface area contributed by atoms with Gasteiger partial charge >= 0.3 is 0 Å². The Balaban J connectivity index is 2.15. The Bertz CT molecular complexity index is 560. The molecule has 3 N–H and O–H groups in total. The molecule has 0 amide bonds. The third kappa shape index (κ3) is 3.35. The van der Waals surface area contributed by atoms with Crippen LogP contribution >= 0.6 is 0 Å². The van der Waals surface area contributed by atoms with E-state index in [0.717, 1.165) is 11.6 Å². The van der Waals surface area contributed by atoms with E-state index in [0.29, 0.717) is 5.56 Å². The Labute approximate surface area is 117 Å². The predicted octanol–water partition coefficient (Wildman–Crippen LogP) is 2.92. The summed E-state index contributed by atoms with van der Waals surface area (Å²) in [6.45, 7) is 1.80. The van der Waals surface area contributed by atoms with Crippen molar-refractivity contribution in [3.8, 4) is 5.75 Å². The maximum absolute atomic E-state index is 13.0. The highest BCUT2D eigenvalue weighted by atomic mass is 19.1. The lowest BCUT2D eigenvalue weighted by Gasteiger charge is -2.23. The van der Waals surface area contributed by atoms with Crippen LogP contribution in [0, 0.1) is 5.82 Å². The van der Waals surface area contributed by atoms with Crippen LogP contribution in [0.3, 0.4) is 0 Å². The van der Waals surface area contributed by atoms with Gasteiger partial charge in [-0.05, 0) is 18.6 Å². The second-order valence-corrected chi connectivity index (χ2v) is 4.74. The smallest absolute Gasteiger partial charge is 0.126 e. The van der Waals surface area contributed by atoms with Crippen LogP contribution in [-0.2, 0) is 0 Å². The summed E-state index contributed by atoms with van der Waals surface area (Å²) in [6.07, 6.45) is 0. The van der Waals surface area contributed by atoms with Crippen molar-refractivity contribution in [1.29, 1.82) is 0 Å². The number of phenols is 1. The fourth-order valence-electron chi connectivity index (χ4n) is 2.21. The fourth-order valence-corrected chi connectivity index (χ4v) is 2.21. The fraction of sp³-hybridized carbons (Fsp3) is 0.250. The number of aliphatic hydroxyl groups is 1. The molecule has 0 fully saturated rings. The van der Waals surface area contributed by atoms with Crippen LogP contribution < -0.4 is 5.32 Å². The molecule has 2 atom stereocenters. The van der Waals surface area contributed by atoms with Gasteiger partial charge in [-0.1, -0.05) is 36.4 Å². The Morgan fingerprint density at radius 1 is 1.15 bits per heavy atom. The molecule has 106 valence electrons. The van der Waals surface area contributed by atoms with E-state index in [9.17, 15) is 14.6 Å². The summed E-state index contributed by atoms with van der Waals surface area (Å²) in [5.41, 5.74) is 1.56. The van der Waals surface area contributed by atoms with E-state index >= 15 is 0 Å². The zero-order valence-electron chi connectivity index (χ0n) is 11.3. The Hall–Kier alpha value is -1.91. The van der Waals surface area contributed by atoms with E-state index in [-0.39, 0.29) is 24.4 Å². The highest BCUT2D eigenvalue weighted by Gasteiger charge is 2.16. The molecule has 0 aliphatic carbocycles. The van der Waals surface area contributed by atoms with Crippen molar-refractivity contribution in [2.24, 2.45) is 0 Å². The maximum Gasteiger partial charge on any atom is 0.126 e. The number of hydrogen-bond acceptors (Lipinski definition) is 3. The van der Waals surface area contributed by atoms with Gasteiger partial charge in [-0.3, -0.25) is 0 Å². The van der Waals surface area contributed by atoms with Crippen LogP contribution in [0.5, 0.6) is 5.75 Å². The van der Waals surface area contributed by atoms with Crippen LogP contribution in [0.2, 0.25) is 0 Å². The number of nitrogens with one attached hydrogen (secondary N) is 1. The standard InChI is InChI=1S/C16H18FNO2/c1-11(14-8-7-13(17)9-16(14)20)18-15(10-19)12-5-3-2-4-6-12/h2-9,11,15,18-20H,10H2,1H3/t11?,15-/m0/s1. The second kappa shape index (κ2) is 6.50. The number of hydrogen-bond donors (Lipinski definition) is 3. The van der Waals surface area contributed by atoms with Crippen LogP contribution in [0.15, 0.2) is 48.5 Å². The molecule has 0 radical (unpaired) electrons. The minimum Gasteiger partial charge on any atom is -0.508 e. The summed E-state index contributed by atoms with van der Waals surface area (Å²) in [6, 6.07) is 13.0. The van der Waals surface area contributed by atoms with Gasteiger partial charge in [0.25, 0.3) is 0 Å². The zero-order chi connectivity index (χ0) is 14.5. The van der Waals surface area contributed by atoms with E-state index in [1.54, 1.807) is 6.07 Å². The van der Waals surface area contributed by atoms with Crippen molar-refractivity contribution >= 4 is 0 Å². The molecule has 0 aliphatic rings. The molecule has 0 bridgehead atoms. The second-order valence-electron chi connectivity index (χ2n) is 4.74. The van der Waals surface area contributed by atoms with Gasteiger partial charge in [-0.2, -0.15) is 0 Å². The largest absolute Gasteiger partial charge is 0.508 e. The molecule has 2 rings (SSSR count). The van der Waals surface area contributed by atoms with Crippen molar-refractivity contribution in [2.45, 2.75) is 19.0 Å². The van der Waals surface area contributed by atoms with Crippen LogP contribution in [0.25, 0.3) is 0 Å². The molecule has 0 aliphatic heterocycles. The van der Waals surface area contributed by atoms with Gasteiger partial charge in [0, 0.05) is 17.7 Å². The number of halogens is 1. The maximum atomic E-state index is 13.0. The number of aliphatic hydroxyl groups excluding tert-OH is 1. The van der Waals surface area contributed by atoms with E-state index in [1.807, 2.05) is 37.3 Å². The number of aromatic hydroxyl groups is 1. The lowest BCUT2D eigenvalue weighted by atomic mass is 10.0. The van der Waals surface area contributed by atoms with Crippen molar-refractivity contribution in [3.63, 3.8) is 0 Å². The number of phenolic OH excluding ortho intramolecular Hbond substituents is 1. The van der Waals surface area contributed by atoms with Crippen molar-refractivity contribution in [2.75, 3.05) is 6.61 Å². The first-order valence-corrected chi connectivity index (χ1v) is 6.52. The molecule has 2 aromatic rings. The van der Waals surface area contributed by atoms with Gasteiger partial charge in [0.2, 0.25) is 0 Å². The summed E-state index contributed by atoms with van der Waals surface area (Å²) < 4.78 is 13.0. The minimum absolute atomic E-state index is 0.0592. The summed E-state index contributed by atoms with van der Waals surface area (Å²) in [5, 5.41) is 22.5. The summed E-state index contributed by atoms with van der Waals surface area (Å²) in [5.74, 6) is -0.560. The Morgan fingerprint density at radius 2 is 1.85 bits per heavy atom. The van der Waals surface area contributed by atoms with Crippen molar-refractivity contribution < 1.29 is 14.6 Å². The van der Waals surface area contributed by atoms with Crippen molar-refractivity contribution in [1.82, 2.24) is 5.32 Å². The average molecular weight is 275 g/mol. The summed E-state index contributed by atoms with van der Waals surface area (Å²) in [4.78, 5) is 0. The van der Waals surface area contributed by atoms with Crippen LogP contribution in [-0.4, -0.2) is 16.8 Å². The first-order chi connectivity index (χ1) is 9.61. The van der Waals surface area contributed by atoms with Gasteiger partial charge in [0.05, 0.1) is 12.6 Å². The molecular formula is C16H18FNO2. The molecule has 20 heavy (non-hydrogen) atoms. The zero-order valence-corrected chi connectivity index (χ0v) is 11.3. The van der Waals surface area contributed by atoms with Gasteiger partial charge < -0.3 is 15.5 Å². The molecular weight excluding hydrogens is 257 g/mol. The Kier molecular flexibility index (Phi) is 4.71. The van der Waals surface area contributed by atoms with E-state index in [4.69, 9.17) is 0 Å². The highest BCUT2D eigenvalue weighted by molar-refractivity contribution is 5.35. The summed E-state index contributed by atoms with van der Waals surface area (Å²) in [7, 11) is 0. The van der Waals surface area contributed by atoms with Gasteiger partial charge in [0.1, 0.15) is 11.6 Å². The topological polar surface area (TPSA) is 52.5 Å². The van der Waals surface area contributed by atoms with Gasteiger partial charge in [-0.15, -0.1) is 0 Å². The molecule has 0 saturated heterocycles. The molecule has 3 nitrogen and oxygen atoms in total. The SMILES string of the molecule is CC(N[C@@H](CO)c1ccccc1)c1ccc(F)cc1O. The molecule has 0 saturated carbocycles. The number of benzene rings is 2. The molecule has 2 aromatic carbocycles. The molecule has 4 heteroatoms. The molecule has 1 unspecified atom stereocenters. The molecule has 0 heterocycles. The first kappa shape index (κ1) is 14.5. The van der Waals surface area contributed by atoms with Gasteiger partial charge in [0.15, 0.2) is 0 Å². The monoisotopic (exact) mass is 275 g/mol. The average Bonchev–Trinajstić information content (AvgIpc) is 2.45. The Morgan fingerprint density at radius 3 is 2.45 bits per heavy atom. The lowest BCUT2D eigenvalue weighted by Crippen LogP contribution is -2.27. The van der Waals surface area contributed by atoms with Gasteiger partial charge in [-0.25, -0.2) is 4.39 Å². The highest BCUT2D eigenvalue weighted by Crippen LogP contribution is 2.27. The predicted molar refractivity (Wildman–Crippen MR) is 75.9 cm³/mol. The van der Waals surface area contributed by atoms with E-state index in [1.165, 1.54) is 6.07 Å². The van der Waals surface area contributed by atoms with Crippen LogP contribution in [0.1, 0.15) is 30.1 Å². The minimum atomic E-state index is -0.472. The summed E-state index contributed by atoms with van der Waals surface area (Å²) >= 11 is 0. The first-order valence-electron chi connectivity index (χ1n) is 6.52.